The molecule has 1 aromatic carbocycles. The van der Waals surface area contributed by atoms with Gasteiger partial charge in [0.25, 0.3) is 0 Å². The average molecular weight is 329 g/mol. The first-order valence-corrected chi connectivity index (χ1v) is 8.65. The van der Waals surface area contributed by atoms with E-state index in [0.29, 0.717) is 5.92 Å². The Hall–Kier alpha value is -2.17. The van der Waals surface area contributed by atoms with Crippen LogP contribution in [0.4, 0.5) is 5.69 Å². The highest BCUT2D eigenvalue weighted by Gasteiger charge is 2.14. The summed E-state index contributed by atoms with van der Waals surface area (Å²) in [5, 5.41) is 7.05. The monoisotopic (exact) mass is 329 g/mol. The first-order chi connectivity index (χ1) is 11.4. The number of benzene rings is 1. The highest BCUT2D eigenvalue weighted by Crippen LogP contribution is 2.21. The number of carbonyl (C=O) groups excluding carboxylic acids is 2. The molecule has 0 spiro atoms. The van der Waals surface area contributed by atoms with Gasteiger partial charge in [-0.3, -0.25) is 9.59 Å². The normalized spacial score (nSPS) is 19.1. The third kappa shape index (κ3) is 5.80. The predicted octanol–water partition coefficient (Wildman–Crippen LogP) is 3.70. The van der Waals surface area contributed by atoms with Crippen LogP contribution in [0.15, 0.2) is 23.3 Å². The van der Waals surface area contributed by atoms with E-state index >= 15 is 0 Å². The second kappa shape index (κ2) is 8.62. The number of nitrogens with zero attached hydrogens (tertiary/aromatic N) is 1. The van der Waals surface area contributed by atoms with Crippen molar-refractivity contribution in [1.29, 1.82) is 0 Å². The van der Waals surface area contributed by atoms with Crippen LogP contribution >= 0.6 is 0 Å². The van der Waals surface area contributed by atoms with Gasteiger partial charge in [-0.25, -0.2) is 5.43 Å². The third-order valence-electron chi connectivity index (χ3n) is 4.32. The zero-order valence-corrected chi connectivity index (χ0v) is 14.8. The Kier molecular flexibility index (Phi) is 6.53. The lowest BCUT2D eigenvalue weighted by atomic mass is 9.89. The molecule has 2 N–H and O–H groups in total. The number of anilines is 1. The summed E-state index contributed by atoms with van der Waals surface area (Å²) >= 11 is 0. The molecule has 0 bridgehead atoms. The molecule has 2 amide bonds. The largest absolute Gasteiger partial charge is 0.326 e. The van der Waals surface area contributed by atoms with Crippen molar-refractivity contribution in [2.24, 2.45) is 11.0 Å². The van der Waals surface area contributed by atoms with Crippen LogP contribution in [0, 0.1) is 19.8 Å². The molecule has 5 nitrogen and oxygen atoms in total. The fourth-order valence-electron chi connectivity index (χ4n) is 2.95. The Morgan fingerprint density at radius 2 is 1.96 bits per heavy atom. The van der Waals surface area contributed by atoms with E-state index in [1.165, 1.54) is 6.42 Å². The second-order valence-electron chi connectivity index (χ2n) is 6.78. The van der Waals surface area contributed by atoms with Crippen molar-refractivity contribution in [3.63, 3.8) is 0 Å². The van der Waals surface area contributed by atoms with Gasteiger partial charge < -0.3 is 5.32 Å². The van der Waals surface area contributed by atoms with Crippen LogP contribution in [-0.2, 0) is 9.59 Å². The molecule has 130 valence electrons. The van der Waals surface area contributed by atoms with Crippen molar-refractivity contribution in [3.8, 4) is 0 Å². The number of hydrazone groups is 1. The van der Waals surface area contributed by atoms with Crippen molar-refractivity contribution in [1.82, 2.24) is 5.43 Å². The number of nitrogens with one attached hydrogen (secondary N) is 2. The van der Waals surface area contributed by atoms with E-state index < -0.39 is 0 Å². The maximum atomic E-state index is 12.0. The Balaban J connectivity index is 1.75. The quantitative estimate of drug-likeness (QED) is 0.809. The van der Waals surface area contributed by atoms with Crippen LogP contribution in [0.25, 0.3) is 0 Å². The van der Waals surface area contributed by atoms with Gasteiger partial charge in [0.05, 0.1) is 0 Å². The molecule has 24 heavy (non-hydrogen) atoms. The summed E-state index contributed by atoms with van der Waals surface area (Å²) in [7, 11) is 0. The van der Waals surface area contributed by atoms with Gasteiger partial charge in [-0.2, -0.15) is 5.10 Å². The first-order valence-electron chi connectivity index (χ1n) is 8.65. The van der Waals surface area contributed by atoms with Crippen LogP contribution in [-0.4, -0.2) is 17.5 Å². The minimum Gasteiger partial charge on any atom is -0.326 e. The molecule has 2 rings (SSSR count). The topological polar surface area (TPSA) is 70.6 Å². The Bertz CT molecular complexity index is 637. The van der Waals surface area contributed by atoms with E-state index in [0.717, 1.165) is 41.8 Å². The van der Waals surface area contributed by atoms with Crippen LogP contribution in [0.3, 0.4) is 0 Å². The summed E-state index contributed by atoms with van der Waals surface area (Å²) < 4.78 is 0. The smallest absolute Gasteiger partial charge is 0.240 e. The molecule has 1 aromatic rings. The van der Waals surface area contributed by atoms with Crippen LogP contribution in [0.2, 0.25) is 0 Å². The van der Waals surface area contributed by atoms with E-state index in [4.69, 9.17) is 0 Å². The molecule has 0 heterocycles. The van der Waals surface area contributed by atoms with Gasteiger partial charge in [0.1, 0.15) is 0 Å². The molecular weight excluding hydrogens is 302 g/mol. The molecule has 0 saturated heterocycles. The third-order valence-corrected chi connectivity index (χ3v) is 4.32. The van der Waals surface area contributed by atoms with E-state index in [1.807, 2.05) is 32.0 Å². The van der Waals surface area contributed by atoms with Crippen molar-refractivity contribution in [2.75, 3.05) is 5.32 Å². The van der Waals surface area contributed by atoms with Crippen molar-refractivity contribution >= 4 is 23.2 Å². The number of hydrogen-bond acceptors (Lipinski definition) is 3. The number of carbonyl (C=O) groups is 2. The zero-order valence-electron chi connectivity index (χ0n) is 14.8. The summed E-state index contributed by atoms with van der Waals surface area (Å²) in [6.07, 6.45) is 4.56. The summed E-state index contributed by atoms with van der Waals surface area (Å²) in [5.41, 5.74) is 6.60. The summed E-state index contributed by atoms with van der Waals surface area (Å²) in [6.45, 7) is 6.17. The van der Waals surface area contributed by atoms with Crippen molar-refractivity contribution < 1.29 is 9.59 Å². The first kappa shape index (κ1) is 18.2. The van der Waals surface area contributed by atoms with E-state index in [9.17, 15) is 9.59 Å². The van der Waals surface area contributed by atoms with Gasteiger partial charge in [0.15, 0.2) is 0 Å². The van der Waals surface area contributed by atoms with Gasteiger partial charge >= 0.3 is 0 Å². The fourth-order valence-corrected chi connectivity index (χ4v) is 2.95. The van der Waals surface area contributed by atoms with Gasteiger partial charge in [-0.05, 0) is 57.1 Å². The van der Waals surface area contributed by atoms with Crippen molar-refractivity contribution in [2.45, 2.75) is 59.3 Å². The van der Waals surface area contributed by atoms with Gasteiger partial charge in [-0.15, -0.1) is 0 Å². The van der Waals surface area contributed by atoms with Crippen molar-refractivity contribution in [3.05, 3.63) is 29.3 Å². The molecular formula is C19H27N3O2. The molecule has 0 aliphatic heterocycles. The summed E-state index contributed by atoms with van der Waals surface area (Å²) in [5.74, 6) is 0.269. The second-order valence-corrected chi connectivity index (χ2v) is 6.78. The molecule has 5 heteroatoms. The fraction of sp³-hybridized carbons (Fsp3) is 0.526. The maximum Gasteiger partial charge on any atom is 0.240 e. The predicted molar refractivity (Wildman–Crippen MR) is 97.0 cm³/mol. The van der Waals surface area contributed by atoms with Crippen LogP contribution < -0.4 is 10.7 Å². The standard InChI is InChI=1S/C19H27N3O2/c1-13-5-4-6-16(12-13)21-22-19(24)10-9-18(23)20-17-8-7-14(2)11-15(17)3/h7-8,11,13H,4-6,9-10,12H2,1-3H3,(H,20,23)(H,22,24)/b21-16+/t13-/m1/s1. The molecule has 1 aliphatic carbocycles. The minimum atomic E-state index is -0.212. The Morgan fingerprint density at radius 3 is 2.67 bits per heavy atom. The highest BCUT2D eigenvalue weighted by molar-refractivity contribution is 5.94. The number of rotatable bonds is 5. The molecule has 0 radical (unpaired) electrons. The lowest BCUT2D eigenvalue weighted by molar-refractivity contribution is -0.124. The highest BCUT2D eigenvalue weighted by atomic mass is 16.2. The van der Waals surface area contributed by atoms with E-state index in [-0.39, 0.29) is 24.7 Å². The van der Waals surface area contributed by atoms with Crippen LogP contribution in [0.1, 0.15) is 56.6 Å². The van der Waals surface area contributed by atoms with E-state index in [1.54, 1.807) is 0 Å². The maximum absolute atomic E-state index is 12.0. The minimum absolute atomic E-state index is 0.142. The average Bonchev–Trinajstić information content (AvgIpc) is 2.54. The Labute approximate surface area is 143 Å². The van der Waals surface area contributed by atoms with Crippen LogP contribution in [0.5, 0.6) is 0 Å². The van der Waals surface area contributed by atoms with Gasteiger partial charge in [-0.1, -0.05) is 24.6 Å². The molecule has 1 aliphatic rings. The Morgan fingerprint density at radius 1 is 1.21 bits per heavy atom. The summed E-state index contributed by atoms with van der Waals surface area (Å²) in [6, 6.07) is 5.86. The number of aryl methyl sites for hydroxylation is 2. The molecule has 1 atom stereocenters. The molecule has 1 fully saturated rings. The van der Waals surface area contributed by atoms with Gasteiger partial charge in [0, 0.05) is 24.2 Å². The summed E-state index contributed by atoms with van der Waals surface area (Å²) in [4.78, 5) is 23.8. The molecule has 1 saturated carbocycles. The lowest BCUT2D eigenvalue weighted by Crippen LogP contribution is -2.23. The molecule has 0 unspecified atom stereocenters. The van der Waals surface area contributed by atoms with Gasteiger partial charge in [0.2, 0.25) is 11.8 Å². The number of hydrogen-bond donors (Lipinski definition) is 2. The zero-order chi connectivity index (χ0) is 17.5. The lowest BCUT2D eigenvalue weighted by Gasteiger charge is -2.18. The number of amides is 2. The van der Waals surface area contributed by atoms with E-state index in [2.05, 4.69) is 22.8 Å². The molecule has 0 aromatic heterocycles. The SMILES string of the molecule is Cc1ccc(NC(=O)CCC(=O)N/N=C2\CCC[C@@H](C)C2)c(C)c1.